The molecule has 2 heterocycles. The second-order valence-corrected chi connectivity index (χ2v) is 6.32. The summed E-state index contributed by atoms with van der Waals surface area (Å²) in [6.07, 6.45) is 0.244. The highest BCUT2D eigenvalue weighted by Gasteiger charge is 2.54. The minimum atomic E-state index is -0.896. The van der Waals surface area contributed by atoms with Crippen LogP contribution >= 0.6 is 0 Å². The van der Waals surface area contributed by atoms with Crippen LogP contribution in [0.15, 0.2) is 0 Å². The van der Waals surface area contributed by atoms with Crippen LogP contribution in [0.2, 0.25) is 0 Å². The lowest BCUT2D eigenvalue weighted by Gasteiger charge is -2.50. The van der Waals surface area contributed by atoms with Gasteiger partial charge in [-0.15, -0.1) is 5.92 Å². The zero-order valence-corrected chi connectivity index (χ0v) is 13.5. The molecule has 122 valence electrons. The average Bonchev–Trinajstić information content (AvgIpc) is 2.51. The zero-order valence-electron chi connectivity index (χ0n) is 13.5. The van der Waals surface area contributed by atoms with Crippen molar-refractivity contribution in [1.82, 2.24) is 15.5 Å². The first-order valence-electron chi connectivity index (χ1n) is 7.85. The summed E-state index contributed by atoms with van der Waals surface area (Å²) in [6.45, 7) is 6.97. The average molecular weight is 307 g/mol. The molecule has 2 amide bonds. The first-order chi connectivity index (χ1) is 10.4. The van der Waals surface area contributed by atoms with Crippen molar-refractivity contribution in [2.24, 2.45) is 5.92 Å². The lowest BCUT2D eigenvalue weighted by atomic mass is 9.81. The molecule has 6 nitrogen and oxygen atoms in total. The second-order valence-electron chi connectivity index (χ2n) is 6.32. The summed E-state index contributed by atoms with van der Waals surface area (Å²) in [5.74, 6) is 5.17. The van der Waals surface area contributed by atoms with Crippen molar-refractivity contribution in [2.75, 3.05) is 19.6 Å². The standard InChI is InChI=1S/C16H25N3O3/c1-4-5-10-19-14(21)12(13(20)11(2)3)18-15(22)16(19)6-8-17-9-7-16/h11-13,17,20H,6-10H2,1-3H3,(H,18,22)/t12-,13-/m1/s1. The monoisotopic (exact) mass is 307 g/mol. The van der Waals surface area contributed by atoms with Gasteiger partial charge in [-0.1, -0.05) is 19.8 Å². The molecule has 22 heavy (non-hydrogen) atoms. The van der Waals surface area contributed by atoms with Crippen molar-refractivity contribution in [2.45, 2.75) is 51.3 Å². The number of hydrogen-bond donors (Lipinski definition) is 3. The maximum Gasteiger partial charge on any atom is 0.249 e. The molecule has 3 N–H and O–H groups in total. The van der Waals surface area contributed by atoms with E-state index in [-0.39, 0.29) is 24.3 Å². The Balaban J connectivity index is 2.34. The smallest absolute Gasteiger partial charge is 0.249 e. The Morgan fingerprint density at radius 2 is 2.00 bits per heavy atom. The van der Waals surface area contributed by atoms with E-state index in [1.807, 2.05) is 13.8 Å². The van der Waals surface area contributed by atoms with Gasteiger partial charge in [0.25, 0.3) is 0 Å². The third kappa shape index (κ3) is 2.83. The van der Waals surface area contributed by atoms with E-state index in [2.05, 4.69) is 22.5 Å². The number of aliphatic hydroxyl groups is 1. The van der Waals surface area contributed by atoms with Gasteiger partial charge in [0.1, 0.15) is 11.6 Å². The van der Waals surface area contributed by atoms with Crippen molar-refractivity contribution >= 4 is 11.8 Å². The van der Waals surface area contributed by atoms with Gasteiger partial charge in [0, 0.05) is 0 Å². The number of nitrogens with one attached hydrogen (secondary N) is 2. The molecule has 1 spiro atoms. The normalized spacial score (nSPS) is 25.7. The first-order valence-corrected chi connectivity index (χ1v) is 7.85. The van der Waals surface area contributed by atoms with Gasteiger partial charge in [-0.25, -0.2) is 0 Å². The highest BCUT2D eigenvalue weighted by Crippen LogP contribution is 2.31. The van der Waals surface area contributed by atoms with Crippen LogP contribution in [-0.2, 0) is 9.59 Å². The van der Waals surface area contributed by atoms with Gasteiger partial charge in [0.15, 0.2) is 0 Å². The molecular weight excluding hydrogens is 282 g/mol. The molecule has 0 unspecified atom stereocenters. The minimum Gasteiger partial charge on any atom is -0.390 e. The van der Waals surface area contributed by atoms with Gasteiger partial charge < -0.3 is 20.6 Å². The Bertz CT molecular complexity index is 501. The summed E-state index contributed by atoms with van der Waals surface area (Å²) >= 11 is 0. The van der Waals surface area contributed by atoms with Crippen molar-refractivity contribution < 1.29 is 14.7 Å². The first kappa shape index (κ1) is 16.8. The number of rotatable bonds is 3. The Hall–Kier alpha value is -1.58. The van der Waals surface area contributed by atoms with Crippen LogP contribution in [0, 0.1) is 17.8 Å². The van der Waals surface area contributed by atoms with E-state index in [1.54, 1.807) is 11.8 Å². The molecular formula is C16H25N3O3. The number of carbonyl (C=O) groups excluding carboxylic acids is 2. The molecule has 0 aromatic carbocycles. The Morgan fingerprint density at radius 3 is 2.55 bits per heavy atom. The van der Waals surface area contributed by atoms with E-state index in [0.717, 1.165) is 0 Å². The topological polar surface area (TPSA) is 81.7 Å². The molecule has 2 aliphatic heterocycles. The number of carbonyl (C=O) groups is 2. The summed E-state index contributed by atoms with van der Waals surface area (Å²) in [6, 6.07) is -0.883. The predicted molar refractivity (Wildman–Crippen MR) is 82.8 cm³/mol. The molecule has 0 aliphatic carbocycles. The molecule has 2 atom stereocenters. The van der Waals surface area contributed by atoms with E-state index in [0.29, 0.717) is 25.9 Å². The van der Waals surface area contributed by atoms with E-state index in [9.17, 15) is 14.7 Å². The van der Waals surface area contributed by atoms with Crippen LogP contribution < -0.4 is 10.6 Å². The molecule has 0 saturated carbocycles. The fraction of sp³-hybridized carbons (Fsp3) is 0.750. The zero-order chi connectivity index (χ0) is 16.3. The van der Waals surface area contributed by atoms with Crippen LogP contribution in [0.4, 0.5) is 0 Å². The van der Waals surface area contributed by atoms with Crippen molar-refractivity contribution in [3.8, 4) is 11.8 Å². The highest BCUT2D eigenvalue weighted by atomic mass is 16.3. The van der Waals surface area contributed by atoms with Gasteiger partial charge in [-0.3, -0.25) is 9.59 Å². The van der Waals surface area contributed by atoms with Crippen LogP contribution in [-0.4, -0.2) is 59.1 Å². The number of amides is 2. The second kappa shape index (κ2) is 6.67. The lowest BCUT2D eigenvalue weighted by molar-refractivity contribution is -0.162. The maximum atomic E-state index is 12.9. The number of aliphatic hydroxyl groups excluding tert-OH is 1. The summed E-state index contributed by atoms with van der Waals surface area (Å²) in [5, 5.41) is 16.2. The van der Waals surface area contributed by atoms with Crippen LogP contribution in [0.1, 0.15) is 33.6 Å². The molecule has 0 bridgehead atoms. The fourth-order valence-corrected chi connectivity index (χ4v) is 3.18. The number of piperazine rings is 1. The van der Waals surface area contributed by atoms with Gasteiger partial charge >= 0.3 is 0 Å². The SMILES string of the molecule is CC#CCN1C(=O)[C@@H]([C@H](O)C(C)C)NC(=O)C12CCNCC2. The molecule has 0 radical (unpaired) electrons. The Morgan fingerprint density at radius 1 is 1.36 bits per heavy atom. The molecule has 0 aromatic rings. The van der Waals surface area contributed by atoms with Crippen molar-refractivity contribution in [3.05, 3.63) is 0 Å². The van der Waals surface area contributed by atoms with Gasteiger partial charge in [0.2, 0.25) is 11.8 Å². The van der Waals surface area contributed by atoms with Crippen LogP contribution in [0.5, 0.6) is 0 Å². The number of nitrogens with zero attached hydrogens (tertiary/aromatic N) is 1. The molecule has 0 aromatic heterocycles. The maximum absolute atomic E-state index is 12.9. The summed E-state index contributed by atoms with van der Waals surface area (Å²) in [4.78, 5) is 27.2. The molecule has 2 aliphatic rings. The molecule has 6 heteroatoms. The van der Waals surface area contributed by atoms with E-state index < -0.39 is 17.7 Å². The minimum absolute atomic E-state index is 0.115. The summed E-state index contributed by atoms with van der Waals surface area (Å²) in [5.41, 5.74) is -0.834. The van der Waals surface area contributed by atoms with Gasteiger partial charge in [-0.05, 0) is 38.8 Å². The van der Waals surface area contributed by atoms with Crippen molar-refractivity contribution in [1.29, 1.82) is 0 Å². The molecule has 2 saturated heterocycles. The van der Waals surface area contributed by atoms with E-state index in [1.165, 1.54) is 0 Å². The predicted octanol–water partition coefficient (Wildman–Crippen LogP) is -0.524. The van der Waals surface area contributed by atoms with Crippen molar-refractivity contribution in [3.63, 3.8) is 0 Å². The van der Waals surface area contributed by atoms with Gasteiger partial charge in [-0.2, -0.15) is 0 Å². The highest BCUT2D eigenvalue weighted by molar-refractivity contribution is 6.00. The largest absolute Gasteiger partial charge is 0.390 e. The van der Waals surface area contributed by atoms with Crippen LogP contribution in [0.3, 0.4) is 0 Å². The molecule has 2 rings (SSSR count). The van der Waals surface area contributed by atoms with E-state index >= 15 is 0 Å². The third-order valence-corrected chi connectivity index (χ3v) is 4.63. The lowest BCUT2D eigenvalue weighted by Crippen LogP contribution is -2.74. The Kier molecular flexibility index (Phi) is 5.09. The molecule has 2 fully saturated rings. The van der Waals surface area contributed by atoms with Gasteiger partial charge in [0.05, 0.1) is 12.6 Å². The fourth-order valence-electron chi connectivity index (χ4n) is 3.18. The summed E-state index contributed by atoms with van der Waals surface area (Å²) in [7, 11) is 0. The quantitative estimate of drug-likeness (QED) is 0.613. The third-order valence-electron chi connectivity index (χ3n) is 4.63. The number of piperidine rings is 1. The number of hydrogen-bond acceptors (Lipinski definition) is 4. The van der Waals surface area contributed by atoms with E-state index in [4.69, 9.17) is 0 Å². The van der Waals surface area contributed by atoms with Crippen LogP contribution in [0.25, 0.3) is 0 Å². The summed E-state index contributed by atoms with van der Waals surface area (Å²) < 4.78 is 0. The Labute approximate surface area is 131 Å².